The van der Waals surface area contributed by atoms with E-state index in [1.807, 2.05) is 12.1 Å². The van der Waals surface area contributed by atoms with Crippen molar-refractivity contribution in [1.29, 1.82) is 0 Å². The zero-order chi connectivity index (χ0) is 10.4. The van der Waals surface area contributed by atoms with Gasteiger partial charge in [0.15, 0.2) is 0 Å². The Balaban J connectivity index is 2.71. The lowest BCUT2D eigenvalue weighted by atomic mass is 9.92. The molecule has 0 saturated heterocycles. The van der Waals surface area contributed by atoms with Gasteiger partial charge in [-0.1, -0.05) is 13.3 Å². The van der Waals surface area contributed by atoms with Crippen LogP contribution in [-0.2, 0) is 0 Å². The first-order valence-corrected chi connectivity index (χ1v) is 5.07. The van der Waals surface area contributed by atoms with E-state index in [4.69, 9.17) is 5.73 Å². The van der Waals surface area contributed by atoms with E-state index in [2.05, 4.69) is 11.9 Å². The van der Waals surface area contributed by atoms with Crippen molar-refractivity contribution in [2.75, 3.05) is 6.54 Å². The highest BCUT2D eigenvalue weighted by molar-refractivity contribution is 5.17. The maximum absolute atomic E-state index is 9.86. The highest BCUT2D eigenvalue weighted by Crippen LogP contribution is 2.20. The van der Waals surface area contributed by atoms with Crippen LogP contribution in [0.4, 0.5) is 0 Å². The summed E-state index contributed by atoms with van der Waals surface area (Å²) in [5.41, 5.74) is 6.73. The number of aliphatic hydroxyl groups excluding tert-OH is 1. The fourth-order valence-corrected chi connectivity index (χ4v) is 1.62. The molecular formula is C11H18N2O. The van der Waals surface area contributed by atoms with Crippen LogP contribution in [0.25, 0.3) is 0 Å². The minimum atomic E-state index is -0.340. The fraction of sp³-hybridized carbons (Fsp3) is 0.545. The summed E-state index contributed by atoms with van der Waals surface area (Å²) >= 11 is 0. The monoisotopic (exact) mass is 194 g/mol. The number of rotatable bonds is 5. The van der Waals surface area contributed by atoms with E-state index in [0.717, 1.165) is 18.4 Å². The lowest BCUT2D eigenvalue weighted by Gasteiger charge is -2.21. The number of aliphatic hydroxyl groups is 1. The summed E-state index contributed by atoms with van der Waals surface area (Å²) in [6, 6.07) is 3.83. The lowest BCUT2D eigenvalue weighted by Crippen LogP contribution is -2.25. The van der Waals surface area contributed by atoms with Crippen LogP contribution in [0.2, 0.25) is 0 Å². The van der Waals surface area contributed by atoms with E-state index in [1.54, 1.807) is 12.4 Å². The zero-order valence-electron chi connectivity index (χ0n) is 8.56. The van der Waals surface area contributed by atoms with Gasteiger partial charge in [-0.3, -0.25) is 4.98 Å². The molecule has 0 saturated carbocycles. The van der Waals surface area contributed by atoms with Crippen LogP contribution in [0.1, 0.15) is 31.2 Å². The van der Waals surface area contributed by atoms with Crippen molar-refractivity contribution < 1.29 is 5.11 Å². The molecule has 0 radical (unpaired) electrons. The molecule has 1 aromatic heterocycles. The van der Waals surface area contributed by atoms with Crippen LogP contribution in [0.15, 0.2) is 24.5 Å². The third-order valence-corrected chi connectivity index (χ3v) is 2.44. The Morgan fingerprint density at radius 1 is 1.43 bits per heavy atom. The number of nitrogens with two attached hydrogens (primary N) is 1. The second-order valence-corrected chi connectivity index (χ2v) is 3.48. The topological polar surface area (TPSA) is 59.1 Å². The van der Waals surface area contributed by atoms with Crippen molar-refractivity contribution >= 4 is 0 Å². The van der Waals surface area contributed by atoms with Crippen molar-refractivity contribution in [1.82, 2.24) is 4.98 Å². The molecule has 78 valence electrons. The van der Waals surface area contributed by atoms with E-state index in [1.165, 1.54) is 0 Å². The Morgan fingerprint density at radius 2 is 2.07 bits per heavy atom. The molecule has 3 nitrogen and oxygen atoms in total. The molecule has 1 rings (SSSR count). The number of hydrogen-bond acceptors (Lipinski definition) is 3. The first kappa shape index (κ1) is 11.1. The van der Waals surface area contributed by atoms with E-state index < -0.39 is 0 Å². The highest BCUT2D eigenvalue weighted by Gasteiger charge is 2.18. The van der Waals surface area contributed by atoms with E-state index >= 15 is 0 Å². The summed E-state index contributed by atoms with van der Waals surface area (Å²) < 4.78 is 0. The molecule has 0 aromatic carbocycles. The molecule has 3 N–H and O–H groups in total. The first-order valence-electron chi connectivity index (χ1n) is 5.07. The van der Waals surface area contributed by atoms with Crippen molar-refractivity contribution in [2.24, 2.45) is 5.73 Å². The Bertz CT molecular complexity index is 251. The predicted molar refractivity (Wildman–Crippen MR) is 56.9 cm³/mol. The average molecular weight is 194 g/mol. The van der Waals surface area contributed by atoms with Gasteiger partial charge < -0.3 is 10.8 Å². The third kappa shape index (κ3) is 2.79. The third-order valence-electron chi connectivity index (χ3n) is 2.44. The van der Waals surface area contributed by atoms with Gasteiger partial charge in [-0.15, -0.1) is 0 Å². The quantitative estimate of drug-likeness (QED) is 0.742. The SMILES string of the molecule is CCCC(O)C(CN)c1ccncc1. The van der Waals surface area contributed by atoms with E-state index in [0.29, 0.717) is 6.54 Å². The largest absolute Gasteiger partial charge is 0.392 e. The van der Waals surface area contributed by atoms with E-state index in [9.17, 15) is 5.11 Å². The van der Waals surface area contributed by atoms with Crippen molar-refractivity contribution in [3.8, 4) is 0 Å². The molecule has 0 amide bonds. The molecule has 0 spiro atoms. The van der Waals surface area contributed by atoms with Crippen molar-refractivity contribution in [3.63, 3.8) is 0 Å². The molecule has 1 aromatic rings. The number of hydrogen-bond donors (Lipinski definition) is 2. The molecule has 0 fully saturated rings. The standard InChI is InChI=1S/C11H18N2O/c1-2-3-11(14)10(8-12)9-4-6-13-7-5-9/h4-7,10-11,14H,2-3,8,12H2,1H3. The molecule has 0 bridgehead atoms. The van der Waals surface area contributed by atoms with Crippen LogP contribution in [-0.4, -0.2) is 22.7 Å². The summed E-state index contributed by atoms with van der Waals surface area (Å²) in [6.07, 6.45) is 4.90. The van der Waals surface area contributed by atoms with Gasteiger partial charge in [0.05, 0.1) is 6.10 Å². The van der Waals surface area contributed by atoms with Gasteiger partial charge in [-0.25, -0.2) is 0 Å². The Morgan fingerprint density at radius 3 is 2.57 bits per heavy atom. The smallest absolute Gasteiger partial charge is 0.0620 e. The summed E-state index contributed by atoms with van der Waals surface area (Å²) in [5, 5.41) is 9.86. The van der Waals surface area contributed by atoms with Gasteiger partial charge in [-0.2, -0.15) is 0 Å². The lowest BCUT2D eigenvalue weighted by molar-refractivity contribution is 0.135. The fourth-order valence-electron chi connectivity index (χ4n) is 1.62. The second kappa shape index (κ2) is 5.73. The van der Waals surface area contributed by atoms with Gasteiger partial charge in [-0.05, 0) is 24.1 Å². The van der Waals surface area contributed by atoms with Gasteiger partial charge >= 0.3 is 0 Å². The Kier molecular flexibility index (Phi) is 4.56. The predicted octanol–water partition coefficient (Wildman–Crippen LogP) is 1.28. The van der Waals surface area contributed by atoms with E-state index in [-0.39, 0.29) is 12.0 Å². The molecule has 1 heterocycles. The molecule has 0 aliphatic carbocycles. The summed E-state index contributed by atoms with van der Waals surface area (Å²) in [5.74, 6) is 0.0398. The first-order chi connectivity index (χ1) is 6.79. The minimum absolute atomic E-state index is 0.0398. The van der Waals surface area contributed by atoms with Gasteiger partial charge in [0.25, 0.3) is 0 Å². The van der Waals surface area contributed by atoms with Crippen LogP contribution < -0.4 is 5.73 Å². The zero-order valence-corrected chi connectivity index (χ0v) is 8.56. The summed E-state index contributed by atoms with van der Waals surface area (Å²) in [6.45, 7) is 2.54. The van der Waals surface area contributed by atoms with Crippen LogP contribution in [0.5, 0.6) is 0 Å². The van der Waals surface area contributed by atoms with Crippen molar-refractivity contribution in [2.45, 2.75) is 31.8 Å². The number of aromatic nitrogens is 1. The molecule has 0 aliphatic rings. The van der Waals surface area contributed by atoms with Gasteiger partial charge in [0, 0.05) is 24.9 Å². The maximum Gasteiger partial charge on any atom is 0.0620 e. The van der Waals surface area contributed by atoms with Gasteiger partial charge in [0.2, 0.25) is 0 Å². The van der Waals surface area contributed by atoms with Crippen LogP contribution in [0.3, 0.4) is 0 Å². The highest BCUT2D eigenvalue weighted by atomic mass is 16.3. The molecular weight excluding hydrogens is 176 g/mol. The molecule has 14 heavy (non-hydrogen) atoms. The van der Waals surface area contributed by atoms with Crippen LogP contribution >= 0.6 is 0 Å². The van der Waals surface area contributed by atoms with Gasteiger partial charge in [0.1, 0.15) is 0 Å². The number of nitrogens with zero attached hydrogens (tertiary/aromatic N) is 1. The van der Waals surface area contributed by atoms with Crippen LogP contribution in [0, 0.1) is 0 Å². The molecule has 2 unspecified atom stereocenters. The number of pyridine rings is 1. The normalized spacial score (nSPS) is 15.1. The minimum Gasteiger partial charge on any atom is -0.392 e. The maximum atomic E-state index is 9.86. The molecule has 0 aliphatic heterocycles. The molecule has 3 heteroatoms. The Labute approximate surface area is 85.0 Å². The summed E-state index contributed by atoms with van der Waals surface area (Å²) in [7, 11) is 0. The Hall–Kier alpha value is -0.930. The average Bonchev–Trinajstić information content (AvgIpc) is 2.21. The van der Waals surface area contributed by atoms with Crippen molar-refractivity contribution in [3.05, 3.63) is 30.1 Å². The molecule has 2 atom stereocenters. The summed E-state index contributed by atoms with van der Waals surface area (Å²) in [4.78, 5) is 3.94. The second-order valence-electron chi connectivity index (χ2n) is 3.48.